The average Bonchev–Trinajstić information content (AvgIpc) is 3.23. The van der Waals surface area contributed by atoms with Crippen molar-refractivity contribution in [3.63, 3.8) is 0 Å². The second-order valence-corrected chi connectivity index (χ2v) is 20.4. The minimum absolute atomic E-state index is 0.0279. The number of phosphoric ester groups is 1. The van der Waals surface area contributed by atoms with Crippen LogP contribution in [0.25, 0.3) is 0 Å². The summed E-state index contributed by atoms with van der Waals surface area (Å²) < 4.78 is 30.0. The molecule has 3 unspecified atom stereocenters. The smallest absolute Gasteiger partial charge is 0.306 e. The second-order valence-electron chi connectivity index (χ2n) is 19.0. The number of rotatable bonds is 47. The summed E-state index contributed by atoms with van der Waals surface area (Å²) in [5.74, 6) is -0.616. The number of allylic oxidation sites excluding steroid dienone is 5. The Bertz CT molecular complexity index is 1180. The van der Waals surface area contributed by atoms with Crippen LogP contribution in [-0.4, -0.2) is 69.4 Å². The van der Waals surface area contributed by atoms with Gasteiger partial charge in [-0.15, -0.1) is 0 Å². The van der Waals surface area contributed by atoms with Gasteiger partial charge in [0.05, 0.1) is 33.8 Å². The molecule has 0 spiro atoms. The summed E-state index contributed by atoms with van der Waals surface area (Å²) in [6.07, 6.45) is 49.8. The molecule has 370 valence electrons. The van der Waals surface area contributed by atoms with Gasteiger partial charge in [-0.25, -0.2) is 0 Å². The Morgan fingerprint density at radius 1 is 0.556 bits per heavy atom. The van der Waals surface area contributed by atoms with Crippen LogP contribution in [0.15, 0.2) is 36.5 Å². The first-order valence-corrected chi connectivity index (χ1v) is 27.8. The van der Waals surface area contributed by atoms with Gasteiger partial charge in [-0.05, 0) is 51.0 Å². The lowest BCUT2D eigenvalue weighted by Crippen LogP contribution is -2.47. The molecule has 0 saturated carbocycles. The largest absolute Gasteiger partial charge is 0.756 e. The third-order valence-corrected chi connectivity index (χ3v) is 12.6. The number of hydrogen-bond acceptors (Lipinski definition) is 7. The molecule has 0 radical (unpaired) electrons. The molecule has 1 N–H and O–H groups in total. The molecular weight excluding hydrogens is 808 g/mol. The Morgan fingerprint density at radius 3 is 1.46 bits per heavy atom. The zero-order valence-corrected chi connectivity index (χ0v) is 42.9. The summed E-state index contributed by atoms with van der Waals surface area (Å²) >= 11 is 0. The summed E-state index contributed by atoms with van der Waals surface area (Å²) in [5, 5.41) is 2.99. The van der Waals surface area contributed by atoms with Crippen molar-refractivity contribution < 1.29 is 37.3 Å². The third-order valence-electron chi connectivity index (χ3n) is 11.6. The van der Waals surface area contributed by atoms with Gasteiger partial charge in [-0.3, -0.25) is 14.2 Å². The van der Waals surface area contributed by atoms with E-state index in [-0.39, 0.29) is 18.9 Å². The van der Waals surface area contributed by atoms with Gasteiger partial charge < -0.3 is 28.5 Å². The summed E-state index contributed by atoms with van der Waals surface area (Å²) in [6.45, 7) is 6.78. The van der Waals surface area contributed by atoms with Gasteiger partial charge in [0.15, 0.2) is 0 Å². The number of carbonyl (C=O) groups is 2. The topological polar surface area (TPSA) is 114 Å². The van der Waals surface area contributed by atoms with Crippen molar-refractivity contribution in [2.75, 3.05) is 40.9 Å². The molecule has 9 nitrogen and oxygen atoms in total. The Labute approximate surface area is 389 Å². The van der Waals surface area contributed by atoms with E-state index >= 15 is 0 Å². The molecule has 10 heteroatoms. The molecule has 1 amide bonds. The number of amides is 1. The molecular formula is C53H101N2O7P. The molecule has 63 heavy (non-hydrogen) atoms. The number of phosphoric acid groups is 1. The molecule has 0 aromatic heterocycles. The zero-order chi connectivity index (χ0) is 46.5. The van der Waals surface area contributed by atoms with Gasteiger partial charge in [0.1, 0.15) is 19.3 Å². The van der Waals surface area contributed by atoms with E-state index in [0.717, 1.165) is 51.4 Å². The molecule has 0 heterocycles. The van der Waals surface area contributed by atoms with E-state index in [0.29, 0.717) is 23.9 Å². The number of unbranched alkanes of at least 4 members (excludes halogenated alkanes) is 27. The Balaban J connectivity index is 5.52. The van der Waals surface area contributed by atoms with Gasteiger partial charge in [0, 0.05) is 12.8 Å². The van der Waals surface area contributed by atoms with E-state index in [1.165, 1.54) is 148 Å². The van der Waals surface area contributed by atoms with Crippen LogP contribution in [-0.2, 0) is 27.9 Å². The average molecular weight is 909 g/mol. The Kier molecular flexibility index (Phi) is 42.8. The lowest BCUT2D eigenvalue weighted by atomic mass is 10.0. The van der Waals surface area contributed by atoms with Crippen LogP contribution in [0, 0.1) is 0 Å². The Morgan fingerprint density at radius 2 is 0.984 bits per heavy atom. The predicted octanol–water partition coefficient (Wildman–Crippen LogP) is 14.6. The van der Waals surface area contributed by atoms with Gasteiger partial charge in [0.25, 0.3) is 7.82 Å². The monoisotopic (exact) mass is 909 g/mol. The molecule has 0 saturated heterocycles. The molecule has 3 atom stereocenters. The highest BCUT2D eigenvalue weighted by Crippen LogP contribution is 2.38. The number of nitrogens with zero attached hydrogens (tertiary/aromatic N) is 1. The number of nitrogens with one attached hydrogen (secondary N) is 1. The van der Waals surface area contributed by atoms with Gasteiger partial charge >= 0.3 is 5.97 Å². The fraction of sp³-hybridized carbons (Fsp3) is 0.849. The highest BCUT2D eigenvalue weighted by atomic mass is 31.2. The van der Waals surface area contributed by atoms with Crippen molar-refractivity contribution in [2.24, 2.45) is 0 Å². The van der Waals surface area contributed by atoms with Gasteiger partial charge in [-0.1, -0.05) is 212 Å². The zero-order valence-electron chi connectivity index (χ0n) is 42.0. The van der Waals surface area contributed by atoms with E-state index in [1.54, 1.807) is 0 Å². The van der Waals surface area contributed by atoms with Crippen LogP contribution >= 0.6 is 7.82 Å². The van der Waals surface area contributed by atoms with Crippen molar-refractivity contribution in [3.8, 4) is 0 Å². The molecule has 0 rings (SSSR count). The summed E-state index contributed by atoms with van der Waals surface area (Å²) in [6, 6.07) is -0.903. The lowest BCUT2D eigenvalue weighted by molar-refractivity contribution is -0.870. The van der Waals surface area contributed by atoms with Crippen LogP contribution in [0.5, 0.6) is 0 Å². The Hall–Kier alpha value is -1.77. The fourth-order valence-electron chi connectivity index (χ4n) is 7.46. The molecule has 0 aliphatic rings. The number of hydrogen-bond donors (Lipinski definition) is 1. The molecule has 0 aromatic rings. The third kappa shape index (κ3) is 45.2. The standard InChI is InChI=1S/C53H101N2O7P/c1-7-10-13-16-19-22-25-27-30-32-35-38-41-44-51(62-53(57)46-43-40-37-34-31-28-26-23-20-17-14-11-8-2)50(49-61-63(58,59)60-48-47-55(4,5)6)54-52(56)45-42-39-36-33-29-24-21-18-15-12-9-3/h28,31,37,40-41,44,50-51H,7-27,29-30,32-36,38-39,42-43,45-49H2,1-6H3,(H-,54,56,58,59)/b31-28-,40-37+,44-41+. The first-order chi connectivity index (χ1) is 30.4. The molecule has 0 fully saturated rings. The minimum atomic E-state index is -4.69. The quantitative estimate of drug-likeness (QED) is 0.0213. The number of quaternary nitrogens is 1. The number of ether oxygens (including phenoxy) is 1. The maximum absolute atomic E-state index is 13.4. The number of carbonyl (C=O) groups excluding carboxylic acids is 2. The lowest BCUT2D eigenvalue weighted by Gasteiger charge is -2.30. The van der Waals surface area contributed by atoms with Crippen molar-refractivity contribution in [1.82, 2.24) is 5.32 Å². The number of esters is 1. The predicted molar refractivity (Wildman–Crippen MR) is 266 cm³/mol. The van der Waals surface area contributed by atoms with E-state index in [1.807, 2.05) is 39.4 Å². The maximum Gasteiger partial charge on any atom is 0.306 e. The van der Waals surface area contributed by atoms with Crippen LogP contribution < -0.4 is 10.2 Å². The molecule has 0 bridgehead atoms. The minimum Gasteiger partial charge on any atom is -0.756 e. The van der Waals surface area contributed by atoms with E-state index in [9.17, 15) is 19.0 Å². The van der Waals surface area contributed by atoms with Gasteiger partial charge in [-0.2, -0.15) is 0 Å². The number of likely N-dealkylation sites (N-methyl/N-ethyl adjacent to an activating group) is 1. The normalized spacial score (nSPS) is 14.2. The fourth-order valence-corrected chi connectivity index (χ4v) is 8.18. The summed E-state index contributed by atoms with van der Waals surface area (Å²) in [5.41, 5.74) is 0. The van der Waals surface area contributed by atoms with Crippen LogP contribution in [0.4, 0.5) is 0 Å². The van der Waals surface area contributed by atoms with Crippen LogP contribution in [0.1, 0.15) is 239 Å². The van der Waals surface area contributed by atoms with Crippen molar-refractivity contribution in [1.29, 1.82) is 0 Å². The molecule has 0 aliphatic carbocycles. The summed E-state index contributed by atoms with van der Waals surface area (Å²) in [4.78, 5) is 39.6. The van der Waals surface area contributed by atoms with Crippen LogP contribution in [0.2, 0.25) is 0 Å². The van der Waals surface area contributed by atoms with E-state index in [2.05, 4.69) is 44.3 Å². The molecule has 0 aromatic carbocycles. The molecule has 0 aliphatic heterocycles. The second kappa shape index (κ2) is 44.1. The van der Waals surface area contributed by atoms with Crippen molar-refractivity contribution in [3.05, 3.63) is 36.5 Å². The highest BCUT2D eigenvalue weighted by molar-refractivity contribution is 7.45. The van der Waals surface area contributed by atoms with E-state index < -0.39 is 32.5 Å². The first-order valence-electron chi connectivity index (χ1n) is 26.3. The summed E-state index contributed by atoms with van der Waals surface area (Å²) in [7, 11) is 1.16. The van der Waals surface area contributed by atoms with Crippen LogP contribution in [0.3, 0.4) is 0 Å². The maximum atomic E-state index is 13.4. The van der Waals surface area contributed by atoms with E-state index in [4.69, 9.17) is 13.8 Å². The highest BCUT2D eigenvalue weighted by Gasteiger charge is 2.27. The van der Waals surface area contributed by atoms with Crippen molar-refractivity contribution >= 4 is 19.7 Å². The van der Waals surface area contributed by atoms with Gasteiger partial charge in [0.2, 0.25) is 5.91 Å². The first kappa shape index (κ1) is 61.2. The van der Waals surface area contributed by atoms with Crippen molar-refractivity contribution in [2.45, 2.75) is 251 Å². The SMILES string of the molecule is CCCCCCCC/C=C\C/C=C/CCC(=O)OC(/C=C/CCCCCCCCCCCCC)C(COP(=O)([O-])OCC[N+](C)(C)C)NC(=O)CCCCCCCCCCCCC.